The van der Waals surface area contributed by atoms with Crippen molar-refractivity contribution in [3.63, 3.8) is 0 Å². The zero-order valence-corrected chi connectivity index (χ0v) is 10.8. The lowest BCUT2D eigenvalue weighted by molar-refractivity contribution is -0.138. The van der Waals surface area contributed by atoms with Gasteiger partial charge in [-0.2, -0.15) is 0 Å². The topological polar surface area (TPSA) is 83.5 Å². The van der Waals surface area contributed by atoms with Crippen molar-refractivity contribution in [2.24, 2.45) is 5.92 Å². The third kappa shape index (κ3) is 4.16. The first-order valence-electron chi connectivity index (χ1n) is 5.75. The van der Waals surface area contributed by atoms with E-state index in [0.717, 1.165) is 6.92 Å². The van der Waals surface area contributed by atoms with Crippen LogP contribution in [-0.2, 0) is 14.8 Å². The molecule has 0 aromatic rings. The Morgan fingerprint density at radius 2 is 2.11 bits per heavy atom. The summed E-state index contributed by atoms with van der Waals surface area (Å²) in [6.45, 7) is 1.15. The first kappa shape index (κ1) is 15.3. The van der Waals surface area contributed by atoms with Gasteiger partial charge in [-0.05, 0) is 19.8 Å². The minimum absolute atomic E-state index is 0.148. The summed E-state index contributed by atoms with van der Waals surface area (Å²) in [6.07, 6.45) is 0.809. The van der Waals surface area contributed by atoms with Crippen LogP contribution in [0.25, 0.3) is 0 Å². The van der Waals surface area contributed by atoms with E-state index in [1.807, 2.05) is 4.72 Å². The maximum atomic E-state index is 13.5. The number of sulfonamides is 1. The number of hydrogen-bond acceptors (Lipinski definition) is 3. The van der Waals surface area contributed by atoms with Crippen LogP contribution in [0.2, 0.25) is 0 Å². The van der Waals surface area contributed by atoms with E-state index >= 15 is 0 Å². The number of halogens is 2. The standard InChI is InChI=1S/C10H17F2NO4S/c1-7(9(14)15)13-18(16,17)6-8-4-2-3-5-10(8,11)12/h7-8,13H,2-6H2,1H3,(H,14,15)/t7-,8?/m0/s1. The number of carboxylic acids is 1. The molecular formula is C10H17F2NO4S. The Kier molecular flexibility index (Phi) is 4.66. The highest BCUT2D eigenvalue weighted by molar-refractivity contribution is 7.89. The van der Waals surface area contributed by atoms with Gasteiger partial charge in [0.05, 0.1) is 5.75 Å². The van der Waals surface area contributed by atoms with Gasteiger partial charge in [0.25, 0.3) is 5.92 Å². The van der Waals surface area contributed by atoms with Crippen LogP contribution >= 0.6 is 0 Å². The number of aliphatic carboxylic acids is 1. The highest BCUT2D eigenvalue weighted by Gasteiger charge is 2.43. The van der Waals surface area contributed by atoms with Crippen molar-refractivity contribution in [2.45, 2.75) is 44.6 Å². The van der Waals surface area contributed by atoms with E-state index < -0.39 is 39.6 Å². The van der Waals surface area contributed by atoms with Gasteiger partial charge in [-0.15, -0.1) is 0 Å². The molecular weight excluding hydrogens is 268 g/mol. The van der Waals surface area contributed by atoms with Crippen molar-refractivity contribution in [1.82, 2.24) is 4.72 Å². The van der Waals surface area contributed by atoms with E-state index in [-0.39, 0.29) is 12.8 Å². The molecule has 0 amide bonds. The quantitative estimate of drug-likeness (QED) is 0.795. The molecule has 0 radical (unpaired) electrons. The second-order valence-electron chi connectivity index (χ2n) is 4.66. The Balaban J connectivity index is 2.67. The summed E-state index contributed by atoms with van der Waals surface area (Å²) < 4.78 is 52.0. The van der Waals surface area contributed by atoms with E-state index in [1.165, 1.54) is 0 Å². The zero-order valence-electron chi connectivity index (χ0n) is 10.0. The summed E-state index contributed by atoms with van der Waals surface area (Å²) in [5.74, 6) is -6.28. The van der Waals surface area contributed by atoms with Gasteiger partial charge in [-0.3, -0.25) is 4.79 Å². The van der Waals surface area contributed by atoms with Crippen LogP contribution in [0.5, 0.6) is 0 Å². The molecule has 1 unspecified atom stereocenters. The molecule has 8 heteroatoms. The Hall–Kier alpha value is -0.760. The third-order valence-corrected chi connectivity index (χ3v) is 4.61. The lowest BCUT2D eigenvalue weighted by Crippen LogP contribution is -2.44. The molecule has 0 aromatic heterocycles. The lowest BCUT2D eigenvalue weighted by atomic mass is 9.87. The van der Waals surface area contributed by atoms with Gasteiger partial charge >= 0.3 is 5.97 Å². The average Bonchev–Trinajstić information content (AvgIpc) is 2.20. The first-order chi connectivity index (χ1) is 8.14. The molecule has 2 N–H and O–H groups in total. The van der Waals surface area contributed by atoms with E-state index in [9.17, 15) is 22.0 Å². The molecule has 0 heterocycles. The Bertz CT molecular complexity index is 410. The third-order valence-electron chi connectivity index (χ3n) is 3.06. The summed E-state index contributed by atoms with van der Waals surface area (Å²) >= 11 is 0. The smallest absolute Gasteiger partial charge is 0.321 e. The van der Waals surface area contributed by atoms with Gasteiger partial charge in [0, 0.05) is 12.3 Å². The monoisotopic (exact) mass is 285 g/mol. The van der Waals surface area contributed by atoms with Crippen molar-refractivity contribution in [3.8, 4) is 0 Å². The van der Waals surface area contributed by atoms with E-state index in [1.54, 1.807) is 0 Å². The van der Waals surface area contributed by atoms with Gasteiger partial charge in [-0.25, -0.2) is 21.9 Å². The average molecular weight is 285 g/mol. The molecule has 0 aliphatic heterocycles. The van der Waals surface area contributed by atoms with Crippen LogP contribution in [0.4, 0.5) is 8.78 Å². The Labute approximate surface area is 105 Å². The number of alkyl halides is 2. The Morgan fingerprint density at radius 1 is 1.50 bits per heavy atom. The van der Waals surface area contributed by atoms with Crippen LogP contribution < -0.4 is 4.72 Å². The Morgan fingerprint density at radius 3 is 2.61 bits per heavy atom. The van der Waals surface area contributed by atoms with Crippen LogP contribution in [0.3, 0.4) is 0 Å². The zero-order chi connectivity index (χ0) is 14.0. The number of nitrogens with one attached hydrogen (secondary N) is 1. The maximum absolute atomic E-state index is 13.5. The number of hydrogen-bond donors (Lipinski definition) is 2. The summed E-state index contributed by atoms with van der Waals surface area (Å²) in [5, 5.41) is 8.58. The van der Waals surface area contributed by atoms with Crippen molar-refractivity contribution in [3.05, 3.63) is 0 Å². The molecule has 0 saturated heterocycles. The van der Waals surface area contributed by atoms with Gasteiger partial charge in [0.1, 0.15) is 6.04 Å². The number of carboxylic acid groups (broad SMARTS) is 1. The molecule has 2 atom stereocenters. The largest absolute Gasteiger partial charge is 0.480 e. The minimum Gasteiger partial charge on any atom is -0.480 e. The maximum Gasteiger partial charge on any atom is 0.321 e. The van der Waals surface area contributed by atoms with E-state index in [2.05, 4.69) is 0 Å². The van der Waals surface area contributed by atoms with E-state index in [0.29, 0.717) is 12.8 Å². The molecule has 5 nitrogen and oxygen atoms in total. The van der Waals surface area contributed by atoms with Gasteiger partial charge in [0.15, 0.2) is 0 Å². The molecule has 0 aromatic carbocycles. The fourth-order valence-corrected chi connectivity index (χ4v) is 3.68. The first-order valence-corrected chi connectivity index (χ1v) is 7.40. The van der Waals surface area contributed by atoms with Crippen LogP contribution in [-0.4, -0.2) is 37.2 Å². The van der Waals surface area contributed by atoms with Crippen LogP contribution in [0, 0.1) is 5.92 Å². The predicted molar refractivity (Wildman–Crippen MR) is 60.9 cm³/mol. The lowest BCUT2D eigenvalue weighted by Gasteiger charge is -2.31. The summed E-state index contributed by atoms with van der Waals surface area (Å²) in [4.78, 5) is 10.5. The minimum atomic E-state index is -4.01. The molecule has 0 spiro atoms. The van der Waals surface area contributed by atoms with E-state index in [4.69, 9.17) is 5.11 Å². The molecule has 1 aliphatic carbocycles. The van der Waals surface area contributed by atoms with Gasteiger partial charge < -0.3 is 5.11 Å². The second kappa shape index (κ2) is 5.48. The SMILES string of the molecule is C[C@H](NS(=O)(=O)CC1CCCCC1(F)F)C(=O)O. The normalized spacial score (nSPS) is 25.6. The molecule has 106 valence electrons. The molecule has 0 bridgehead atoms. The van der Waals surface area contributed by atoms with Gasteiger partial charge in [-0.1, -0.05) is 6.42 Å². The van der Waals surface area contributed by atoms with Crippen molar-refractivity contribution < 1.29 is 27.1 Å². The molecule has 1 aliphatic rings. The summed E-state index contributed by atoms with van der Waals surface area (Å²) in [7, 11) is -4.01. The fourth-order valence-electron chi connectivity index (χ4n) is 2.00. The van der Waals surface area contributed by atoms with Crippen molar-refractivity contribution in [1.29, 1.82) is 0 Å². The highest BCUT2D eigenvalue weighted by Crippen LogP contribution is 2.38. The van der Waals surface area contributed by atoms with Crippen LogP contribution in [0.15, 0.2) is 0 Å². The molecule has 1 rings (SSSR count). The van der Waals surface area contributed by atoms with Crippen LogP contribution in [0.1, 0.15) is 32.6 Å². The van der Waals surface area contributed by atoms with Crippen molar-refractivity contribution in [2.75, 3.05) is 5.75 Å². The summed E-state index contributed by atoms with van der Waals surface area (Å²) in [6, 6.07) is -1.31. The predicted octanol–water partition coefficient (Wildman–Crippen LogP) is 1.20. The number of rotatable bonds is 5. The molecule has 1 saturated carbocycles. The molecule has 1 fully saturated rings. The highest BCUT2D eigenvalue weighted by atomic mass is 32.2. The molecule has 18 heavy (non-hydrogen) atoms. The fraction of sp³-hybridized carbons (Fsp3) is 0.900. The number of carbonyl (C=O) groups is 1. The second-order valence-corrected chi connectivity index (χ2v) is 6.46. The van der Waals surface area contributed by atoms with Gasteiger partial charge in [0.2, 0.25) is 10.0 Å². The summed E-state index contributed by atoms with van der Waals surface area (Å²) in [5.41, 5.74) is 0. The van der Waals surface area contributed by atoms with Crippen molar-refractivity contribution >= 4 is 16.0 Å².